The van der Waals surface area contributed by atoms with Crippen LogP contribution in [0.3, 0.4) is 0 Å². The first-order chi connectivity index (χ1) is 13.5. The second-order valence-corrected chi connectivity index (χ2v) is 6.73. The molecule has 0 radical (unpaired) electrons. The molecule has 1 saturated heterocycles. The molecule has 3 rings (SSSR count). The SMILES string of the molecule is Cc1ccc(O)c(C(=O)OCC(=O)Nc2ccc(CN3CCOCC3)cc2)c1. The summed E-state index contributed by atoms with van der Waals surface area (Å²) in [4.78, 5) is 26.4. The van der Waals surface area contributed by atoms with Gasteiger partial charge in [0.1, 0.15) is 11.3 Å². The number of rotatable bonds is 6. The van der Waals surface area contributed by atoms with Gasteiger partial charge in [-0.1, -0.05) is 23.8 Å². The van der Waals surface area contributed by atoms with E-state index >= 15 is 0 Å². The van der Waals surface area contributed by atoms with Crippen LogP contribution in [0.2, 0.25) is 0 Å². The summed E-state index contributed by atoms with van der Waals surface area (Å²) in [5.41, 5.74) is 2.64. The zero-order valence-corrected chi connectivity index (χ0v) is 15.8. The van der Waals surface area contributed by atoms with Crippen molar-refractivity contribution in [1.82, 2.24) is 4.90 Å². The smallest absolute Gasteiger partial charge is 0.342 e. The first-order valence-electron chi connectivity index (χ1n) is 9.17. The van der Waals surface area contributed by atoms with E-state index in [-0.39, 0.29) is 11.3 Å². The van der Waals surface area contributed by atoms with E-state index in [0.29, 0.717) is 5.69 Å². The lowest BCUT2D eigenvalue weighted by atomic mass is 10.1. The van der Waals surface area contributed by atoms with Crippen molar-refractivity contribution in [2.24, 2.45) is 0 Å². The third-order valence-electron chi connectivity index (χ3n) is 4.45. The number of phenols is 1. The summed E-state index contributed by atoms with van der Waals surface area (Å²) in [7, 11) is 0. The summed E-state index contributed by atoms with van der Waals surface area (Å²) < 4.78 is 10.3. The first kappa shape index (κ1) is 19.9. The average molecular weight is 384 g/mol. The quantitative estimate of drug-likeness (QED) is 0.744. The van der Waals surface area contributed by atoms with E-state index in [0.717, 1.165) is 44.0 Å². The Morgan fingerprint density at radius 2 is 1.86 bits per heavy atom. The highest BCUT2D eigenvalue weighted by Crippen LogP contribution is 2.19. The minimum atomic E-state index is -0.739. The molecule has 0 aromatic heterocycles. The molecule has 2 aromatic rings. The van der Waals surface area contributed by atoms with Crippen LogP contribution in [0.25, 0.3) is 0 Å². The molecule has 1 aliphatic rings. The van der Waals surface area contributed by atoms with Crippen molar-refractivity contribution >= 4 is 17.6 Å². The number of aryl methyl sites for hydroxylation is 1. The van der Waals surface area contributed by atoms with E-state index in [4.69, 9.17) is 9.47 Å². The van der Waals surface area contributed by atoms with Gasteiger partial charge in [0.15, 0.2) is 6.61 Å². The zero-order chi connectivity index (χ0) is 19.9. The fourth-order valence-electron chi connectivity index (χ4n) is 2.93. The summed E-state index contributed by atoms with van der Waals surface area (Å²) >= 11 is 0. The van der Waals surface area contributed by atoms with Gasteiger partial charge >= 0.3 is 5.97 Å². The number of benzene rings is 2. The number of nitrogens with one attached hydrogen (secondary N) is 1. The van der Waals surface area contributed by atoms with Gasteiger partial charge in [-0.3, -0.25) is 9.69 Å². The molecule has 1 aliphatic heterocycles. The van der Waals surface area contributed by atoms with Gasteiger partial charge < -0.3 is 19.9 Å². The maximum absolute atomic E-state index is 12.0. The van der Waals surface area contributed by atoms with E-state index < -0.39 is 18.5 Å². The molecule has 148 valence electrons. The van der Waals surface area contributed by atoms with Crippen LogP contribution in [0.1, 0.15) is 21.5 Å². The zero-order valence-electron chi connectivity index (χ0n) is 15.8. The van der Waals surface area contributed by atoms with Gasteiger partial charge in [-0.15, -0.1) is 0 Å². The molecule has 0 aliphatic carbocycles. The Morgan fingerprint density at radius 3 is 2.57 bits per heavy atom. The van der Waals surface area contributed by atoms with E-state index in [1.54, 1.807) is 13.0 Å². The summed E-state index contributed by atoms with van der Waals surface area (Å²) in [6.45, 7) is 5.56. The lowest BCUT2D eigenvalue weighted by Gasteiger charge is -2.26. The maximum atomic E-state index is 12.0. The Labute approximate surface area is 163 Å². The largest absolute Gasteiger partial charge is 0.507 e. The van der Waals surface area contributed by atoms with Gasteiger partial charge in [0.2, 0.25) is 0 Å². The molecule has 0 spiro atoms. The van der Waals surface area contributed by atoms with Crippen molar-refractivity contribution in [2.75, 3.05) is 38.2 Å². The van der Waals surface area contributed by atoms with Crippen LogP contribution in [-0.4, -0.2) is 54.8 Å². The predicted octanol–water partition coefficient (Wildman–Crippen LogP) is 2.33. The van der Waals surface area contributed by atoms with E-state index in [1.807, 2.05) is 24.3 Å². The number of esters is 1. The van der Waals surface area contributed by atoms with Crippen LogP contribution in [0.15, 0.2) is 42.5 Å². The molecular weight excluding hydrogens is 360 g/mol. The number of hydrogen-bond donors (Lipinski definition) is 2. The van der Waals surface area contributed by atoms with Crippen molar-refractivity contribution in [2.45, 2.75) is 13.5 Å². The molecule has 1 heterocycles. The Morgan fingerprint density at radius 1 is 1.14 bits per heavy atom. The number of ether oxygens (including phenoxy) is 2. The molecule has 1 fully saturated rings. The van der Waals surface area contributed by atoms with Gasteiger partial charge in [-0.05, 0) is 36.8 Å². The lowest BCUT2D eigenvalue weighted by molar-refractivity contribution is -0.119. The number of carbonyl (C=O) groups excluding carboxylic acids is 2. The first-order valence-corrected chi connectivity index (χ1v) is 9.17. The molecule has 1 amide bonds. The molecule has 2 aromatic carbocycles. The van der Waals surface area contributed by atoms with Crippen molar-refractivity contribution in [1.29, 1.82) is 0 Å². The maximum Gasteiger partial charge on any atom is 0.342 e. The summed E-state index contributed by atoms with van der Waals surface area (Å²) in [6.07, 6.45) is 0. The van der Waals surface area contributed by atoms with Gasteiger partial charge in [-0.2, -0.15) is 0 Å². The van der Waals surface area contributed by atoms with Crippen molar-refractivity contribution < 1.29 is 24.2 Å². The highest BCUT2D eigenvalue weighted by Gasteiger charge is 2.15. The second-order valence-electron chi connectivity index (χ2n) is 6.73. The van der Waals surface area contributed by atoms with Crippen molar-refractivity contribution in [3.8, 4) is 5.75 Å². The summed E-state index contributed by atoms with van der Waals surface area (Å²) in [6, 6.07) is 12.2. The fraction of sp³-hybridized carbons (Fsp3) is 0.333. The third kappa shape index (κ3) is 5.55. The number of phenolic OH excluding ortho intramolecular Hbond substituents is 1. The Kier molecular flexibility index (Phi) is 6.62. The van der Waals surface area contributed by atoms with E-state index in [9.17, 15) is 14.7 Å². The third-order valence-corrected chi connectivity index (χ3v) is 4.45. The number of hydrogen-bond acceptors (Lipinski definition) is 6. The Balaban J connectivity index is 1.47. The predicted molar refractivity (Wildman–Crippen MR) is 104 cm³/mol. The number of nitrogens with zero attached hydrogens (tertiary/aromatic N) is 1. The van der Waals surface area contributed by atoms with Crippen LogP contribution < -0.4 is 5.32 Å². The summed E-state index contributed by atoms with van der Waals surface area (Å²) in [5.74, 6) is -1.36. The van der Waals surface area contributed by atoms with Crippen LogP contribution in [0, 0.1) is 6.92 Å². The molecule has 0 saturated carbocycles. The minimum absolute atomic E-state index is 0.0419. The highest BCUT2D eigenvalue weighted by molar-refractivity contribution is 5.96. The topological polar surface area (TPSA) is 88.1 Å². The minimum Gasteiger partial charge on any atom is -0.507 e. The van der Waals surface area contributed by atoms with Gasteiger partial charge in [-0.25, -0.2) is 4.79 Å². The van der Waals surface area contributed by atoms with Crippen LogP contribution in [-0.2, 0) is 20.8 Å². The molecule has 0 unspecified atom stereocenters. The van der Waals surface area contributed by atoms with Gasteiger partial charge in [0, 0.05) is 25.3 Å². The highest BCUT2D eigenvalue weighted by atomic mass is 16.5. The van der Waals surface area contributed by atoms with Crippen LogP contribution >= 0.6 is 0 Å². The molecule has 7 heteroatoms. The normalized spacial score (nSPS) is 14.5. The number of amides is 1. The molecule has 0 atom stereocenters. The monoisotopic (exact) mass is 384 g/mol. The second kappa shape index (κ2) is 9.34. The van der Waals surface area contributed by atoms with Gasteiger partial charge in [0.05, 0.1) is 13.2 Å². The van der Waals surface area contributed by atoms with Crippen LogP contribution in [0.4, 0.5) is 5.69 Å². The number of carbonyl (C=O) groups is 2. The fourth-order valence-corrected chi connectivity index (χ4v) is 2.93. The number of morpholine rings is 1. The molecule has 28 heavy (non-hydrogen) atoms. The Hall–Kier alpha value is -2.90. The molecule has 2 N–H and O–H groups in total. The lowest BCUT2D eigenvalue weighted by Crippen LogP contribution is -2.35. The van der Waals surface area contributed by atoms with Crippen molar-refractivity contribution in [3.05, 3.63) is 59.2 Å². The number of aromatic hydroxyl groups is 1. The standard InChI is InChI=1S/C21H24N2O5/c1-15-2-7-19(24)18(12-15)21(26)28-14-20(25)22-17-5-3-16(4-6-17)13-23-8-10-27-11-9-23/h2-7,12,24H,8-11,13-14H2,1H3,(H,22,25). The van der Waals surface area contributed by atoms with Gasteiger partial charge in [0.25, 0.3) is 5.91 Å². The molecular formula is C21H24N2O5. The van der Waals surface area contributed by atoms with E-state index in [1.165, 1.54) is 12.1 Å². The van der Waals surface area contributed by atoms with E-state index in [2.05, 4.69) is 10.2 Å². The Bertz CT molecular complexity index is 829. The number of anilines is 1. The average Bonchev–Trinajstić information content (AvgIpc) is 2.70. The van der Waals surface area contributed by atoms with Crippen molar-refractivity contribution in [3.63, 3.8) is 0 Å². The molecule has 7 nitrogen and oxygen atoms in total. The molecule has 0 bridgehead atoms. The van der Waals surface area contributed by atoms with Crippen LogP contribution in [0.5, 0.6) is 5.75 Å². The summed E-state index contributed by atoms with van der Waals surface area (Å²) in [5, 5.41) is 12.4.